The zero-order valence-electron chi connectivity index (χ0n) is 15.9. The predicted molar refractivity (Wildman–Crippen MR) is 96.8 cm³/mol. The number of benzene rings is 1. The molecule has 7 heteroatoms. The van der Waals surface area contributed by atoms with Crippen LogP contribution in [-0.4, -0.2) is 55.0 Å². The van der Waals surface area contributed by atoms with Crippen molar-refractivity contribution in [1.82, 2.24) is 10.2 Å². The second-order valence-electron chi connectivity index (χ2n) is 7.55. The molecule has 1 heterocycles. The van der Waals surface area contributed by atoms with Gasteiger partial charge in [-0.25, -0.2) is 9.59 Å². The minimum atomic E-state index is -0.678. The first-order valence-corrected chi connectivity index (χ1v) is 8.69. The van der Waals surface area contributed by atoms with Gasteiger partial charge in [0.2, 0.25) is 0 Å². The van der Waals surface area contributed by atoms with E-state index in [4.69, 9.17) is 14.2 Å². The quantitative estimate of drug-likeness (QED) is 0.869. The normalized spacial score (nSPS) is 19.9. The van der Waals surface area contributed by atoms with Crippen molar-refractivity contribution in [2.75, 3.05) is 26.8 Å². The van der Waals surface area contributed by atoms with Gasteiger partial charge in [0.25, 0.3) is 0 Å². The number of methoxy groups -OCH3 is 1. The molecule has 1 N–H and O–H groups in total. The lowest BCUT2D eigenvalue weighted by atomic mass is 10.0. The number of hydrogen-bond acceptors (Lipinski definition) is 5. The number of amides is 2. The van der Waals surface area contributed by atoms with Gasteiger partial charge >= 0.3 is 12.2 Å². The van der Waals surface area contributed by atoms with Gasteiger partial charge in [-0.1, -0.05) is 30.3 Å². The number of nitrogens with zero attached hydrogens (tertiary/aromatic N) is 1. The average molecular weight is 364 g/mol. The van der Waals surface area contributed by atoms with Gasteiger partial charge in [-0.3, -0.25) is 0 Å². The first kappa shape index (κ1) is 20.0. The van der Waals surface area contributed by atoms with Crippen LogP contribution in [0, 0.1) is 0 Å². The maximum absolute atomic E-state index is 12.3. The van der Waals surface area contributed by atoms with Crippen molar-refractivity contribution in [3.8, 4) is 0 Å². The van der Waals surface area contributed by atoms with Crippen LogP contribution in [0.3, 0.4) is 0 Å². The van der Waals surface area contributed by atoms with E-state index in [2.05, 4.69) is 5.32 Å². The molecule has 1 unspecified atom stereocenters. The van der Waals surface area contributed by atoms with Crippen LogP contribution in [0.4, 0.5) is 9.59 Å². The summed E-state index contributed by atoms with van der Waals surface area (Å²) in [6, 6.07) is 9.50. The molecule has 1 aliphatic rings. The second-order valence-corrected chi connectivity index (χ2v) is 7.55. The maximum atomic E-state index is 12.3. The molecule has 2 rings (SSSR count). The van der Waals surface area contributed by atoms with Crippen molar-refractivity contribution in [3.63, 3.8) is 0 Å². The minimum Gasteiger partial charge on any atom is -0.445 e. The molecule has 26 heavy (non-hydrogen) atoms. The number of ether oxygens (including phenoxy) is 3. The molecule has 0 aromatic heterocycles. The summed E-state index contributed by atoms with van der Waals surface area (Å²) in [6.07, 6.45) is -0.354. The van der Waals surface area contributed by atoms with Crippen LogP contribution in [0.5, 0.6) is 0 Å². The van der Waals surface area contributed by atoms with Crippen LogP contribution in [0.2, 0.25) is 0 Å². The first-order valence-electron chi connectivity index (χ1n) is 8.69. The zero-order valence-corrected chi connectivity index (χ0v) is 15.9. The number of likely N-dealkylation sites (tertiary alicyclic amines) is 1. The molecular weight excluding hydrogens is 336 g/mol. The maximum Gasteiger partial charge on any atom is 0.410 e. The third-order valence-electron chi connectivity index (χ3n) is 4.00. The van der Waals surface area contributed by atoms with Gasteiger partial charge in [0.1, 0.15) is 12.2 Å². The molecule has 144 valence electrons. The van der Waals surface area contributed by atoms with E-state index in [0.717, 1.165) is 5.56 Å². The molecule has 0 bridgehead atoms. The van der Waals surface area contributed by atoms with Crippen molar-refractivity contribution in [2.24, 2.45) is 0 Å². The molecular formula is C19H28N2O5. The monoisotopic (exact) mass is 364 g/mol. The third kappa shape index (κ3) is 5.91. The van der Waals surface area contributed by atoms with Gasteiger partial charge in [-0.15, -0.1) is 0 Å². The summed E-state index contributed by atoms with van der Waals surface area (Å²) in [5.41, 5.74) is -0.344. The molecule has 1 aromatic carbocycles. The van der Waals surface area contributed by atoms with Crippen molar-refractivity contribution < 1.29 is 23.8 Å². The van der Waals surface area contributed by atoms with E-state index in [1.165, 1.54) is 0 Å². The number of rotatable bonds is 5. The van der Waals surface area contributed by atoms with Crippen LogP contribution in [0.15, 0.2) is 30.3 Å². The molecule has 2 amide bonds. The number of carbonyl (C=O) groups excluding carboxylic acids is 2. The number of nitrogens with one attached hydrogen (secondary N) is 1. The van der Waals surface area contributed by atoms with E-state index in [-0.39, 0.29) is 13.2 Å². The third-order valence-corrected chi connectivity index (χ3v) is 4.00. The molecule has 7 nitrogen and oxygen atoms in total. The van der Waals surface area contributed by atoms with Crippen LogP contribution in [-0.2, 0) is 20.8 Å². The fourth-order valence-corrected chi connectivity index (χ4v) is 2.89. The molecule has 1 aromatic rings. The molecule has 1 saturated heterocycles. The van der Waals surface area contributed by atoms with Crippen molar-refractivity contribution in [2.45, 2.75) is 44.9 Å². The molecule has 0 radical (unpaired) electrons. The van der Waals surface area contributed by atoms with E-state index in [0.29, 0.717) is 19.5 Å². The van der Waals surface area contributed by atoms with Gasteiger partial charge in [-0.2, -0.15) is 0 Å². The minimum absolute atomic E-state index is 0.215. The Kier molecular flexibility index (Phi) is 6.47. The lowest BCUT2D eigenvalue weighted by Gasteiger charge is -2.31. The lowest BCUT2D eigenvalue weighted by molar-refractivity contribution is 0.0359. The SMILES string of the molecule is COCC1(NC(=O)OC(C)(C)C)CCN(C(=O)OCc2ccccc2)C1. The standard InChI is InChI=1S/C19H28N2O5/c1-18(2,3)26-16(22)20-19(14-24-4)10-11-21(13-19)17(23)25-12-15-8-6-5-7-9-15/h5-9H,10-14H2,1-4H3,(H,20,22). The summed E-state index contributed by atoms with van der Waals surface area (Å²) in [5.74, 6) is 0. The summed E-state index contributed by atoms with van der Waals surface area (Å²) < 4.78 is 16.0. The first-order chi connectivity index (χ1) is 12.2. The molecule has 0 spiro atoms. The second kappa shape index (κ2) is 8.40. The largest absolute Gasteiger partial charge is 0.445 e. The van der Waals surface area contributed by atoms with E-state index in [1.807, 2.05) is 30.3 Å². The zero-order chi connectivity index (χ0) is 19.2. The van der Waals surface area contributed by atoms with Gasteiger partial charge in [-0.05, 0) is 32.8 Å². The smallest absolute Gasteiger partial charge is 0.410 e. The number of hydrogen-bond donors (Lipinski definition) is 1. The molecule has 1 aliphatic heterocycles. The van der Waals surface area contributed by atoms with Gasteiger partial charge in [0.05, 0.1) is 12.1 Å². The van der Waals surface area contributed by atoms with E-state index >= 15 is 0 Å². The Morgan fingerprint density at radius 1 is 1.23 bits per heavy atom. The van der Waals surface area contributed by atoms with Crippen LogP contribution in [0.1, 0.15) is 32.8 Å². The topological polar surface area (TPSA) is 77.1 Å². The van der Waals surface area contributed by atoms with E-state index in [9.17, 15) is 9.59 Å². The Morgan fingerprint density at radius 2 is 1.92 bits per heavy atom. The molecule has 1 atom stereocenters. The van der Waals surface area contributed by atoms with Crippen LogP contribution in [0.25, 0.3) is 0 Å². The highest BCUT2D eigenvalue weighted by Crippen LogP contribution is 2.24. The van der Waals surface area contributed by atoms with E-state index in [1.54, 1.807) is 32.8 Å². The summed E-state index contributed by atoms with van der Waals surface area (Å²) >= 11 is 0. The Balaban J connectivity index is 1.92. The predicted octanol–water partition coefficient (Wildman–Crippen LogP) is 2.94. The fourth-order valence-electron chi connectivity index (χ4n) is 2.89. The van der Waals surface area contributed by atoms with Crippen LogP contribution < -0.4 is 5.32 Å². The number of alkyl carbamates (subject to hydrolysis) is 1. The summed E-state index contributed by atoms with van der Waals surface area (Å²) in [7, 11) is 1.56. The van der Waals surface area contributed by atoms with Gasteiger partial charge in [0.15, 0.2) is 0 Å². The molecule has 0 saturated carbocycles. The van der Waals surface area contributed by atoms with Crippen molar-refractivity contribution in [1.29, 1.82) is 0 Å². The van der Waals surface area contributed by atoms with Crippen molar-refractivity contribution in [3.05, 3.63) is 35.9 Å². The summed E-state index contributed by atoms with van der Waals surface area (Å²) in [5, 5.41) is 2.87. The van der Waals surface area contributed by atoms with Crippen LogP contribution >= 0.6 is 0 Å². The highest BCUT2D eigenvalue weighted by Gasteiger charge is 2.42. The Hall–Kier alpha value is -2.28. The highest BCUT2D eigenvalue weighted by molar-refractivity contribution is 5.71. The van der Waals surface area contributed by atoms with Gasteiger partial charge in [0, 0.05) is 20.2 Å². The van der Waals surface area contributed by atoms with Gasteiger partial charge < -0.3 is 24.4 Å². The van der Waals surface area contributed by atoms with E-state index < -0.39 is 23.3 Å². The summed E-state index contributed by atoms with van der Waals surface area (Å²) in [6.45, 7) is 6.70. The molecule has 1 fully saturated rings. The number of carbonyl (C=O) groups is 2. The average Bonchev–Trinajstić information content (AvgIpc) is 2.96. The Bertz CT molecular complexity index is 614. The summed E-state index contributed by atoms with van der Waals surface area (Å²) in [4.78, 5) is 26.1. The fraction of sp³-hybridized carbons (Fsp3) is 0.579. The lowest BCUT2D eigenvalue weighted by Crippen LogP contribution is -2.55. The van der Waals surface area contributed by atoms with Crippen molar-refractivity contribution >= 4 is 12.2 Å². The highest BCUT2D eigenvalue weighted by atomic mass is 16.6. The molecule has 0 aliphatic carbocycles. The Morgan fingerprint density at radius 3 is 2.54 bits per heavy atom. The Labute approximate surface area is 154 Å².